The van der Waals surface area contributed by atoms with E-state index in [2.05, 4.69) is 10.6 Å². The quantitative estimate of drug-likeness (QED) is 0.383. The molecule has 1 aromatic carbocycles. The number of carbonyl (C=O) groups is 4. The van der Waals surface area contributed by atoms with E-state index in [1.165, 1.54) is 30.2 Å². The van der Waals surface area contributed by atoms with Crippen LogP contribution in [0.4, 0.5) is 10.1 Å². The molecule has 3 heterocycles. The zero-order valence-electron chi connectivity index (χ0n) is 21.2. The summed E-state index contributed by atoms with van der Waals surface area (Å²) in [6, 6.07) is 5.06. The Morgan fingerprint density at radius 3 is 2.61 bits per heavy atom. The molecule has 3 unspecified atom stereocenters. The summed E-state index contributed by atoms with van der Waals surface area (Å²) in [7, 11) is 1.25. The third-order valence-corrected chi connectivity index (χ3v) is 8.89. The van der Waals surface area contributed by atoms with Gasteiger partial charge in [0, 0.05) is 11.8 Å². The third kappa shape index (κ3) is 4.84. The molecule has 5 rings (SSSR count). The van der Waals surface area contributed by atoms with Crippen molar-refractivity contribution in [2.75, 3.05) is 24.7 Å². The molecule has 1 aliphatic carbocycles. The van der Waals surface area contributed by atoms with Crippen LogP contribution < -0.4 is 10.6 Å². The number of anilines is 1. The molecule has 38 heavy (non-hydrogen) atoms. The minimum Gasteiger partial charge on any atom is -0.467 e. The summed E-state index contributed by atoms with van der Waals surface area (Å²) in [6.07, 6.45) is 3.04. The summed E-state index contributed by atoms with van der Waals surface area (Å²) in [4.78, 5) is 51.8. The fourth-order valence-electron chi connectivity index (χ4n) is 5.41. The minimum absolute atomic E-state index is 0.0667. The van der Waals surface area contributed by atoms with Crippen molar-refractivity contribution < 1.29 is 32.7 Å². The average molecular weight is 544 g/mol. The highest BCUT2D eigenvalue weighted by molar-refractivity contribution is 8.00. The predicted octanol–water partition coefficient (Wildman–Crippen LogP) is 3.03. The van der Waals surface area contributed by atoms with Gasteiger partial charge in [-0.2, -0.15) is 11.8 Å². The number of hydrogen-bond donors (Lipinski definition) is 2. The average Bonchev–Trinajstić information content (AvgIpc) is 3.70. The van der Waals surface area contributed by atoms with E-state index in [0.29, 0.717) is 25.1 Å². The molecule has 0 bridgehead atoms. The lowest BCUT2D eigenvalue weighted by Crippen LogP contribution is -2.68. The number of aryl methyl sites for hydroxylation is 1. The summed E-state index contributed by atoms with van der Waals surface area (Å²) in [5.41, 5.74) is -0.289. The van der Waals surface area contributed by atoms with E-state index in [4.69, 9.17) is 9.15 Å². The highest BCUT2D eigenvalue weighted by Crippen LogP contribution is 2.38. The lowest BCUT2D eigenvalue weighted by molar-refractivity contribution is -0.145. The SMILES string of the molecule is COC(=O)[C@@H]1CCCN1C(=O)c1cccc(NC2C(=O)C(=O)C2NC(c2ccc(C)o2)[C@@H]2CCCS2)c1F. The first-order chi connectivity index (χ1) is 18.3. The molecule has 3 aliphatic rings. The van der Waals surface area contributed by atoms with Crippen LogP contribution in [-0.4, -0.2) is 71.1 Å². The summed E-state index contributed by atoms with van der Waals surface area (Å²) >= 11 is 1.79. The van der Waals surface area contributed by atoms with E-state index in [-0.39, 0.29) is 22.5 Å². The van der Waals surface area contributed by atoms with Crippen LogP contribution in [0.3, 0.4) is 0 Å². The number of likely N-dealkylation sites (tertiary alicyclic amines) is 1. The van der Waals surface area contributed by atoms with E-state index < -0.39 is 47.4 Å². The van der Waals surface area contributed by atoms with Crippen LogP contribution in [0.25, 0.3) is 0 Å². The van der Waals surface area contributed by atoms with Crippen molar-refractivity contribution in [1.29, 1.82) is 0 Å². The number of methoxy groups -OCH3 is 1. The van der Waals surface area contributed by atoms with Gasteiger partial charge in [-0.3, -0.25) is 19.7 Å². The van der Waals surface area contributed by atoms with Crippen molar-refractivity contribution in [1.82, 2.24) is 10.2 Å². The zero-order valence-corrected chi connectivity index (χ0v) is 22.0. The molecule has 1 saturated carbocycles. The van der Waals surface area contributed by atoms with Crippen molar-refractivity contribution in [3.63, 3.8) is 0 Å². The maximum atomic E-state index is 15.6. The van der Waals surface area contributed by atoms with E-state index in [1.54, 1.807) is 11.8 Å². The monoisotopic (exact) mass is 543 g/mol. The number of halogens is 1. The second kappa shape index (κ2) is 10.9. The maximum absolute atomic E-state index is 15.6. The number of Topliss-reactive ketones (excluding diaryl/α,β-unsaturated/α-hetero) is 2. The molecule has 5 atom stereocenters. The lowest BCUT2D eigenvalue weighted by atomic mass is 9.81. The first kappa shape index (κ1) is 26.4. The number of nitrogens with one attached hydrogen (secondary N) is 2. The Labute approximate surface area is 223 Å². The highest BCUT2D eigenvalue weighted by Gasteiger charge is 2.51. The lowest BCUT2D eigenvalue weighted by Gasteiger charge is -2.38. The number of rotatable bonds is 8. The van der Waals surface area contributed by atoms with Crippen LogP contribution in [0, 0.1) is 12.7 Å². The number of ketones is 2. The van der Waals surface area contributed by atoms with Crippen LogP contribution in [0.5, 0.6) is 0 Å². The molecular formula is C27H30FN3O6S. The van der Waals surface area contributed by atoms with Crippen LogP contribution in [0.1, 0.15) is 53.6 Å². The highest BCUT2D eigenvalue weighted by atomic mass is 32.2. The summed E-state index contributed by atoms with van der Waals surface area (Å²) < 4.78 is 26.2. The molecule has 9 nitrogen and oxygen atoms in total. The van der Waals surface area contributed by atoms with Gasteiger partial charge in [0.05, 0.1) is 24.4 Å². The van der Waals surface area contributed by atoms with Gasteiger partial charge in [-0.25, -0.2) is 9.18 Å². The van der Waals surface area contributed by atoms with Gasteiger partial charge in [0.25, 0.3) is 5.91 Å². The van der Waals surface area contributed by atoms with Crippen LogP contribution in [0.15, 0.2) is 34.7 Å². The van der Waals surface area contributed by atoms with Crippen molar-refractivity contribution in [2.24, 2.45) is 0 Å². The second-order valence-corrected chi connectivity index (χ2v) is 11.2. The first-order valence-electron chi connectivity index (χ1n) is 12.8. The van der Waals surface area contributed by atoms with Gasteiger partial charge in [-0.15, -0.1) is 0 Å². The van der Waals surface area contributed by atoms with Crippen molar-refractivity contribution in [3.8, 4) is 0 Å². The van der Waals surface area contributed by atoms with Crippen molar-refractivity contribution >= 4 is 40.9 Å². The Bertz CT molecular complexity index is 1260. The van der Waals surface area contributed by atoms with Gasteiger partial charge in [0.1, 0.15) is 29.6 Å². The van der Waals surface area contributed by atoms with Gasteiger partial charge in [0.2, 0.25) is 11.6 Å². The molecule has 0 spiro atoms. The number of amides is 1. The molecule has 0 radical (unpaired) electrons. The van der Waals surface area contributed by atoms with Gasteiger partial charge in [-0.05, 0) is 62.6 Å². The summed E-state index contributed by atoms with van der Waals surface area (Å²) in [5, 5.41) is 6.33. The third-order valence-electron chi connectivity index (χ3n) is 7.43. The zero-order chi connectivity index (χ0) is 27.0. The number of esters is 1. The van der Waals surface area contributed by atoms with Crippen molar-refractivity contribution in [3.05, 3.63) is 53.2 Å². The Balaban J connectivity index is 1.35. The van der Waals surface area contributed by atoms with Gasteiger partial charge >= 0.3 is 5.97 Å². The predicted molar refractivity (Wildman–Crippen MR) is 138 cm³/mol. The molecule has 1 amide bonds. The minimum atomic E-state index is -0.998. The summed E-state index contributed by atoms with van der Waals surface area (Å²) in [6.45, 7) is 2.15. The van der Waals surface area contributed by atoms with E-state index >= 15 is 4.39 Å². The molecular weight excluding hydrogens is 513 g/mol. The molecule has 2 N–H and O–H groups in total. The molecule has 1 aromatic heterocycles. The molecule has 2 aliphatic heterocycles. The largest absolute Gasteiger partial charge is 0.467 e. The van der Waals surface area contributed by atoms with Crippen LogP contribution in [-0.2, 0) is 19.1 Å². The summed E-state index contributed by atoms with van der Waals surface area (Å²) in [5.74, 6) is -0.808. The Morgan fingerprint density at radius 2 is 1.92 bits per heavy atom. The molecule has 3 fully saturated rings. The van der Waals surface area contributed by atoms with Crippen LogP contribution in [0.2, 0.25) is 0 Å². The molecule has 2 saturated heterocycles. The number of hydrogen-bond acceptors (Lipinski definition) is 9. The standard InChI is InChI=1S/C27H30FN3O6S/c1-14-10-11-18(37-14)21(19-9-5-13-38-19)30-23-22(24(32)25(23)33)29-16-7-3-6-15(20(16)28)26(34)31-12-4-8-17(31)27(35)36-2/h3,6-7,10-11,17,19,21-23,29-30H,4-5,8-9,12-13H2,1-2H3/t17-,19-,21?,22?,23?/m0/s1. The Hall–Kier alpha value is -3.18. The van der Waals surface area contributed by atoms with Gasteiger partial charge in [0.15, 0.2) is 5.82 Å². The Kier molecular flexibility index (Phi) is 7.58. The first-order valence-corrected chi connectivity index (χ1v) is 13.8. The second-order valence-electron chi connectivity index (χ2n) is 9.82. The van der Waals surface area contributed by atoms with Gasteiger partial charge in [-0.1, -0.05) is 6.07 Å². The number of ether oxygens (including phenoxy) is 1. The van der Waals surface area contributed by atoms with Gasteiger partial charge < -0.3 is 19.4 Å². The van der Waals surface area contributed by atoms with E-state index in [0.717, 1.165) is 24.4 Å². The number of carbonyl (C=O) groups excluding carboxylic acids is 4. The van der Waals surface area contributed by atoms with E-state index in [9.17, 15) is 19.2 Å². The molecule has 202 valence electrons. The van der Waals surface area contributed by atoms with Crippen molar-refractivity contribution in [2.45, 2.75) is 62.0 Å². The molecule has 11 heteroatoms. The normalized spacial score (nSPS) is 25.8. The molecule has 2 aromatic rings. The smallest absolute Gasteiger partial charge is 0.328 e. The fraction of sp³-hybridized carbons (Fsp3) is 0.481. The number of furan rings is 1. The topological polar surface area (TPSA) is 118 Å². The maximum Gasteiger partial charge on any atom is 0.328 e. The Morgan fingerprint density at radius 1 is 1.13 bits per heavy atom. The number of benzene rings is 1. The fourth-order valence-corrected chi connectivity index (χ4v) is 6.78. The van der Waals surface area contributed by atoms with Crippen LogP contribution >= 0.6 is 11.8 Å². The number of thioether (sulfide) groups is 1. The number of nitrogens with zero attached hydrogens (tertiary/aromatic N) is 1. The van der Waals surface area contributed by atoms with E-state index in [1.807, 2.05) is 19.1 Å².